The Labute approximate surface area is 167 Å². The van der Waals surface area contributed by atoms with E-state index in [0.29, 0.717) is 23.5 Å². The first-order valence-electron chi connectivity index (χ1n) is 8.88. The fourth-order valence-electron chi connectivity index (χ4n) is 3.22. The molecule has 4 rings (SSSR count). The number of sulfonamides is 1. The van der Waals surface area contributed by atoms with Gasteiger partial charge in [-0.1, -0.05) is 24.3 Å². The predicted octanol–water partition coefficient (Wildman–Crippen LogP) is 3.49. The summed E-state index contributed by atoms with van der Waals surface area (Å²) in [6.07, 6.45) is 1.59. The minimum atomic E-state index is -3.78. The number of primary sulfonamides is 1. The summed E-state index contributed by atoms with van der Waals surface area (Å²) in [5.41, 5.74) is 4.57. The smallest absolute Gasteiger partial charge is 0.272 e. The molecule has 0 radical (unpaired) electrons. The first-order chi connectivity index (χ1) is 13.8. The van der Waals surface area contributed by atoms with E-state index in [1.165, 1.54) is 24.3 Å². The Morgan fingerprint density at radius 1 is 1.10 bits per heavy atom. The van der Waals surface area contributed by atoms with Gasteiger partial charge in [-0.25, -0.2) is 13.6 Å². The van der Waals surface area contributed by atoms with Crippen LogP contribution in [0.3, 0.4) is 0 Å². The molecule has 8 heteroatoms. The average Bonchev–Trinajstić information content (AvgIpc) is 3.26. The molecule has 0 saturated heterocycles. The van der Waals surface area contributed by atoms with Crippen molar-refractivity contribution in [2.75, 3.05) is 5.32 Å². The first-order valence-corrected chi connectivity index (χ1v) is 10.4. The number of nitrogens with zero attached hydrogens (tertiary/aromatic N) is 1. The van der Waals surface area contributed by atoms with Crippen LogP contribution in [0.15, 0.2) is 76.2 Å². The van der Waals surface area contributed by atoms with Gasteiger partial charge in [0.1, 0.15) is 5.69 Å². The van der Waals surface area contributed by atoms with E-state index in [0.717, 1.165) is 16.6 Å². The van der Waals surface area contributed by atoms with E-state index in [4.69, 9.17) is 9.56 Å². The number of amides is 1. The number of rotatable bonds is 5. The number of benzene rings is 2. The van der Waals surface area contributed by atoms with Crippen LogP contribution in [-0.2, 0) is 16.6 Å². The highest BCUT2D eigenvalue weighted by Crippen LogP contribution is 2.24. The van der Waals surface area contributed by atoms with Gasteiger partial charge < -0.3 is 14.3 Å². The van der Waals surface area contributed by atoms with Gasteiger partial charge in [0.25, 0.3) is 5.91 Å². The van der Waals surface area contributed by atoms with E-state index >= 15 is 0 Å². The summed E-state index contributed by atoms with van der Waals surface area (Å²) in [5, 5.41) is 7.90. The number of aromatic nitrogens is 1. The fourth-order valence-corrected chi connectivity index (χ4v) is 3.73. The van der Waals surface area contributed by atoms with Crippen LogP contribution in [0.4, 0.5) is 5.69 Å². The first kappa shape index (κ1) is 19.0. The van der Waals surface area contributed by atoms with E-state index in [9.17, 15) is 13.2 Å². The lowest BCUT2D eigenvalue weighted by atomic mass is 10.1. The predicted molar refractivity (Wildman–Crippen MR) is 110 cm³/mol. The van der Waals surface area contributed by atoms with Crippen molar-refractivity contribution in [1.82, 2.24) is 4.57 Å². The van der Waals surface area contributed by atoms with Crippen molar-refractivity contribution < 1.29 is 17.6 Å². The zero-order chi connectivity index (χ0) is 20.6. The average molecular weight is 409 g/mol. The van der Waals surface area contributed by atoms with Crippen LogP contribution in [0.2, 0.25) is 0 Å². The highest BCUT2D eigenvalue weighted by Gasteiger charge is 2.18. The standard InChI is InChI=1S/C21H19N3O4S/c1-14-4-2-3-5-15(14)13-24-18-10-11-28-20(18)12-19(24)21(25)23-16-6-8-17(9-7-16)29(22,26)27/h2-12H,13H2,1H3,(H,23,25)(H2,22,26,27). The van der Waals surface area contributed by atoms with Crippen molar-refractivity contribution in [1.29, 1.82) is 0 Å². The Kier molecular flexibility index (Phi) is 4.73. The zero-order valence-corrected chi connectivity index (χ0v) is 16.4. The summed E-state index contributed by atoms with van der Waals surface area (Å²) in [6, 6.07) is 17.2. The van der Waals surface area contributed by atoms with Crippen molar-refractivity contribution in [3.8, 4) is 0 Å². The largest absolute Gasteiger partial charge is 0.463 e. The SMILES string of the molecule is Cc1ccccc1Cn1c(C(=O)Nc2ccc(S(N)(=O)=O)cc2)cc2occc21. The van der Waals surface area contributed by atoms with E-state index in [1.54, 1.807) is 12.3 Å². The maximum Gasteiger partial charge on any atom is 0.272 e. The summed E-state index contributed by atoms with van der Waals surface area (Å²) in [5.74, 6) is -0.326. The second-order valence-corrected chi connectivity index (χ2v) is 8.30. The van der Waals surface area contributed by atoms with Crippen molar-refractivity contribution in [3.05, 3.63) is 83.7 Å². The van der Waals surface area contributed by atoms with Crippen LogP contribution in [0.1, 0.15) is 21.6 Å². The lowest BCUT2D eigenvalue weighted by Crippen LogP contribution is -2.18. The second kappa shape index (κ2) is 7.23. The Morgan fingerprint density at radius 3 is 2.52 bits per heavy atom. The second-order valence-electron chi connectivity index (χ2n) is 6.74. The van der Waals surface area contributed by atoms with Gasteiger partial charge in [0.05, 0.1) is 16.7 Å². The number of nitrogens with one attached hydrogen (secondary N) is 1. The Balaban J connectivity index is 1.66. The van der Waals surface area contributed by atoms with Crippen LogP contribution < -0.4 is 10.5 Å². The fraction of sp³-hybridized carbons (Fsp3) is 0.0952. The third-order valence-electron chi connectivity index (χ3n) is 4.79. The summed E-state index contributed by atoms with van der Waals surface area (Å²) in [6.45, 7) is 2.54. The summed E-state index contributed by atoms with van der Waals surface area (Å²) in [4.78, 5) is 12.9. The van der Waals surface area contributed by atoms with Gasteiger partial charge in [-0.15, -0.1) is 0 Å². The number of furan rings is 1. The van der Waals surface area contributed by atoms with Gasteiger partial charge in [0.15, 0.2) is 5.58 Å². The number of anilines is 1. The van der Waals surface area contributed by atoms with Crippen LogP contribution in [0.5, 0.6) is 0 Å². The molecule has 0 aliphatic heterocycles. The molecule has 0 fully saturated rings. The Hall–Kier alpha value is -3.36. The highest BCUT2D eigenvalue weighted by atomic mass is 32.2. The number of hydrogen-bond acceptors (Lipinski definition) is 4. The van der Waals surface area contributed by atoms with E-state index in [-0.39, 0.29) is 10.8 Å². The molecule has 2 aromatic heterocycles. The molecule has 0 bridgehead atoms. The molecule has 0 unspecified atom stereocenters. The van der Waals surface area contributed by atoms with E-state index in [2.05, 4.69) is 5.32 Å². The molecule has 29 heavy (non-hydrogen) atoms. The van der Waals surface area contributed by atoms with Crippen LogP contribution in [-0.4, -0.2) is 18.9 Å². The van der Waals surface area contributed by atoms with Gasteiger partial charge in [-0.2, -0.15) is 0 Å². The maximum absolute atomic E-state index is 12.9. The highest BCUT2D eigenvalue weighted by molar-refractivity contribution is 7.89. The molecule has 2 aromatic carbocycles. The number of nitrogens with two attached hydrogens (primary N) is 1. The zero-order valence-electron chi connectivity index (χ0n) is 15.6. The van der Waals surface area contributed by atoms with Gasteiger partial charge in [-0.05, 0) is 42.3 Å². The topological polar surface area (TPSA) is 107 Å². The summed E-state index contributed by atoms with van der Waals surface area (Å²) in [7, 11) is -3.78. The molecule has 4 aromatic rings. The minimum absolute atomic E-state index is 0.0176. The number of carbonyl (C=O) groups is 1. The molecular formula is C21H19N3O4S. The van der Waals surface area contributed by atoms with E-state index in [1.807, 2.05) is 41.8 Å². The molecule has 3 N–H and O–H groups in total. The molecule has 0 spiro atoms. The Morgan fingerprint density at radius 2 is 1.83 bits per heavy atom. The lowest BCUT2D eigenvalue weighted by Gasteiger charge is -2.12. The van der Waals surface area contributed by atoms with Gasteiger partial charge >= 0.3 is 0 Å². The molecule has 148 valence electrons. The van der Waals surface area contributed by atoms with Gasteiger partial charge in [0.2, 0.25) is 10.0 Å². The molecule has 0 aliphatic carbocycles. The summed E-state index contributed by atoms with van der Waals surface area (Å²) < 4.78 is 30.1. The molecule has 2 heterocycles. The molecule has 0 saturated carbocycles. The molecular weight excluding hydrogens is 390 g/mol. The number of fused-ring (bicyclic) bond motifs is 1. The lowest BCUT2D eigenvalue weighted by molar-refractivity contribution is 0.101. The number of hydrogen-bond donors (Lipinski definition) is 2. The van der Waals surface area contributed by atoms with Gasteiger partial charge in [-0.3, -0.25) is 4.79 Å². The third-order valence-corrected chi connectivity index (χ3v) is 5.72. The molecule has 0 aliphatic rings. The number of aryl methyl sites for hydroxylation is 1. The van der Waals surface area contributed by atoms with E-state index < -0.39 is 10.0 Å². The monoisotopic (exact) mass is 409 g/mol. The van der Waals surface area contributed by atoms with Crippen molar-refractivity contribution in [2.24, 2.45) is 5.14 Å². The minimum Gasteiger partial charge on any atom is -0.463 e. The van der Waals surface area contributed by atoms with Crippen molar-refractivity contribution in [2.45, 2.75) is 18.4 Å². The van der Waals surface area contributed by atoms with Gasteiger partial charge in [0, 0.05) is 24.4 Å². The molecule has 0 atom stereocenters. The molecule has 7 nitrogen and oxygen atoms in total. The van der Waals surface area contributed by atoms with Crippen LogP contribution in [0, 0.1) is 6.92 Å². The van der Waals surface area contributed by atoms with Crippen LogP contribution >= 0.6 is 0 Å². The van der Waals surface area contributed by atoms with Crippen LogP contribution in [0.25, 0.3) is 11.1 Å². The molecule has 1 amide bonds. The Bertz CT molecular complexity index is 1300. The maximum atomic E-state index is 12.9. The van der Waals surface area contributed by atoms with Crippen molar-refractivity contribution >= 4 is 32.7 Å². The third kappa shape index (κ3) is 3.80. The number of carbonyl (C=O) groups excluding carboxylic acids is 1. The normalized spacial score (nSPS) is 11.7. The van der Waals surface area contributed by atoms with Crippen molar-refractivity contribution in [3.63, 3.8) is 0 Å². The summed E-state index contributed by atoms with van der Waals surface area (Å²) >= 11 is 0. The quantitative estimate of drug-likeness (QED) is 0.526.